The number of piperazine rings is 1. The lowest BCUT2D eigenvalue weighted by Crippen LogP contribution is -2.47. The standard InChI is InChI=1S/C16H19F2N3OS/c1-11-10-23-16(19-11)21-7-5-20(6-8-21)9-14(22)15-12(17)3-2-4-13(15)18/h2-4,10,14,22H,5-9H2,1H3. The monoisotopic (exact) mass is 339 g/mol. The van der Waals surface area contributed by atoms with Gasteiger partial charge in [0.05, 0.1) is 17.4 Å². The highest BCUT2D eigenvalue weighted by Gasteiger charge is 2.24. The lowest BCUT2D eigenvalue weighted by atomic mass is 10.1. The van der Waals surface area contributed by atoms with Crippen LogP contribution >= 0.6 is 11.3 Å². The van der Waals surface area contributed by atoms with Crippen molar-refractivity contribution in [2.45, 2.75) is 13.0 Å². The second-order valence-electron chi connectivity index (χ2n) is 5.71. The van der Waals surface area contributed by atoms with Gasteiger partial charge in [-0.3, -0.25) is 4.90 Å². The molecular formula is C16H19F2N3OS. The number of halogens is 2. The van der Waals surface area contributed by atoms with E-state index in [-0.39, 0.29) is 12.1 Å². The molecule has 1 N–H and O–H groups in total. The van der Waals surface area contributed by atoms with Gasteiger partial charge in [0.15, 0.2) is 5.13 Å². The molecule has 0 spiro atoms. The number of thiazole rings is 1. The average Bonchev–Trinajstić information content (AvgIpc) is 2.94. The van der Waals surface area contributed by atoms with Gasteiger partial charge in [-0.2, -0.15) is 0 Å². The minimum absolute atomic E-state index is 0.225. The Kier molecular flexibility index (Phi) is 4.89. The number of benzene rings is 1. The molecule has 0 aliphatic carbocycles. The van der Waals surface area contributed by atoms with Gasteiger partial charge in [0.2, 0.25) is 0 Å². The van der Waals surface area contributed by atoms with E-state index in [1.54, 1.807) is 11.3 Å². The number of aliphatic hydroxyl groups excluding tert-OH is 1. The summed E-state index contributed by atoms with van der Waals surface area (Å²) >= 11 is 1.62. The number of aromatic nitrogens is 1. The van der Waals surface area contributed by atoms with Crippen molar-refractivity contribution in [2.24, 2.45) is 0 Å². The Morgan fingerprint density at radius 2 is 1.87 bits per heavy atom. The number of aliphatic hydroxyl groups is 1. The highest BCUT2D eigenvalue weighted by molar-refractivity contribution is 7.13. The predicted molar refractivity (Wildman–Crippen MR) is 86.8 cm³/mol. The highest BCUT2D eigenvalue weighted by Crippen LogP contribution is 2.24. The minimum atomic E-state index is -1.16. The Morgan fingerprint density at radius 3 is 2.43 bits per heavy atom. The maximum absolute atomic E-state index is 13.7. The molecule has 7 heteroatoms. The first-order valence-corrected chi connectivity index (χ1v) is 8.44. The molecule has 2 heterocycles. The smallest absolute Gasteiger partial charge is 0.185 e. The third kappa shape index (κ3) is 3.68. The third-order valence-electron chi connectivity index (χ3n) is 4.01. The van der Waals surface area contributed by atoms with E-state index >= 15 is 0 Å². The SMILES string of the molecule is Cc1csc(N2CCN(CC(O)c3c(F)cccc3F)CC2)n1. The summed E-state index contributed by atoms with van der Waals surface area (Å²) in [5.74, 6) is -1.40. The molecule has 2 aromatic rings. The van der Waals surface area contributed by atoms with Crippen LogP contribution in [-0.4, -0.2) is 47.7 Å². The molecule has 1 aliphatic heterocycles. The van der Waals surface area contributed by atoms with Gasteiger partial charge < -0.3 is 10.0 Å². The van der Waals surface area contributed by atoms with Crippen LogP contribution in [0.2, 0.25) is 0 Å². The summed E-state index contributed by atoms with van der Waals surface area (Å²) in [6, 6.07) is 3.64. The first-order valence-electron chi connectivity index (χ1n) is 7.56. The molecule has 23 heavy (non-hydrogen) atoms. The van der Waals surface area contributed by atoms with E-state index in [2.05, 4.69) is 9.88 Å². The van der Waals surface area contributed by atoms with Crippen LogP contribution in [0.15, 0.2) is 23.6 Å². The lowest BCUT2D eigenvalue weighted by Gasteiger charge is -2.35. The molecule has 0 bridgehead atoms. The van der Waals surface area contributed by atoms with Crippen LogP contribution in [0.5, 0.6) is 0 Å². The van der Waals surface area contributed by atoms with E-state index in [1.165, 1.54) is 18.2 Å². The topological polar surface area (TPSA) is 39.6 Å². The fourth-order valence-electron chi connectivity index (χ4n) is 2.77. The summed E-state index contributed by atoms with van der Waals surface area (Å²) in [6.45, 7) is 5.23. The van der Waals surface area contributed by atoms with Crippen molar-refractivity contribution in [2.75, 3.05) is 37.6 Å². The Bertz CT molecular complexity index is 651. The number of hydrogen-bond donors (Lipinski definition) is 1. The quantitative estimate of drug-likeness (QED) is 0.929. The van der Waals surface area contributed by atoms with E-state index in [0.29, 0.717) is 0 Å². The van der Waals surface area contributed by atoms with Crippen LogP contribution in [0.1, 0.15) is 17.4 Å². The minimum Gasteiger partial charge on any atom is -0.387 e. The van der Waals surface area contributed by atoms with Gasteiger partial charge in [-0.1, -0.05) is 6.07 Å². The van der Waals surface area contributed by atoms with E-state index < -0.39 is 17.7 Å². The molecule has 0 radical (unpaired) electrons. The van der Waals surface area contributed by atoms with Crippen LogP contribution < -0.4 is 4.90 Å². The zero-order chi connectivity index (χ0) is 16.4. The van der Waals surface area contributed by atoms with Crippen LogP contribution in [-0.2, 0) is 0 Å². The molecule has 1 saturated heterocycles. The molecule has 1 aliphatic rings. The second kappa shape index (κ2) is 6.90. The fraction of sp³-hybridized carbons (Fsp3) is 0.438. The zero-order valence-corrected chi connectivity index (χ0v) is 13.7. The van der Waals surface area contributed by atoms with Crippen LogP contribution in [0.4, 0.5) is 13.9 Å². The normalized spacial score (nSPS) is 17.5. The Labute approximate surface area is 138 Å². The third-order valence-corrected chi connectivity index (χ3v) is 5.03. The number of hydrogen-bond acceptors (Lipinski definition) is 5. The van der Waals surface area contributed by atoms with Crippen molar-refractivity contribution >= 4 is 16.5 Å². The van der Waals surface area contributed by atoms with Gasteiger partial charge in [-0.05, 0) is 19.1 Å². The van der Waals surface area contributed by atoms with Crippen molar-refractivity contribution in [3.05, 3.63) is 46.5 Å². The molecule has 1 aromatic heterocycles. The van der Waals surface area contributed by atoms with Gasteiger partial charge in [0, 0.05) is 38.1 Å². The predicted octanol–water partition coefficient (Wildman–Crippen LogP) is 2.59. The second-order valence-corrected chi connectivity index (χ2v) is 6.55. The first-order chi connectivity index (χ1) is 11.0. The summed E-state index contributed by atoms with van der Waals surface area (Å²) < 4.78 is 27.4. The van der Waals surface area contributed by atoms with Crippen LogP contribution in [0.3, 0.4) is 0 Å². The molecule has 1 unspecified atom stereocenters. The van der Waals surface area contributed by atoms with Gasteiger partial charge >= 0.3 is 0 Å². The summed E-state index contributed by atoms with van der Waals surface area (Å²) in [5.41, 5.74) is 0.767. The maximum atomic E-state index is 13.7. The van der Waals surface area contributed by atoms with Crippen molar-refractivity contribution in [3.8, 4) is 0 Å². The molecular weight excluding hydrogens is 320 g/mol. The molecule has 1 aromatic carbocycles. The van der Waals surface area contributed by atoms with Crippen LogP contribution in [0, 0.1) is 18.6 Å². The van der Waals surface area contributed by atoms with E-state index in [0.717, 1.165) is 37.0 Å². The first kappa shape index (κ1) is 16.3. The highest BCUT2D eigenvalue weighted by atomic mass is 32.1. The molecule has 1 atom stereocenters. The summed E-state index contributed by atoms with van der Waals surface area (Å²) in [4.78, 5) is 8.69. The van der Waals surface area contributed by atoms with Gasteiger partial charge in [0.25, 0.3) is 0 Å². The lowest BCUT2D eigenvalue weighted by molar-refractivity contribution is 0.103. The molecule has 4 nitrogen and oxygen atoms in total. The van der Waals surface area contributed by atoms with E-state index in [4.69, 9.17) is 0 Å². The van der Waals surface area contributed by atoms with Gasteiger partial charge in [0.1, 0.15) is 11.6 Å². The summed E-state index contributed by atoms with van der Waals surface area (Å²) in [6.07, 6.45) is -1.16. The van der Waals surface area contributed by atoms with E-state index in [9.17, 15) is 13.9 Å². The van der Waals surface area contributed by atoms with E-state index in [1.807, 2.05) is 17.2 Å². The Balaban J connectivity index is 1.58. The molecule has 0 saturated carbocycles. The largest absolute Gasteiger partial charge is 0.387 e. The zero-order valence-electron chi connectivity index (χ0n) is 12.9. The van der Waals surface area contributed by atoms with Crippen molar-refractivity contribution in [1.82, 2.24) is 9.88 Å². The summed E-state index contributed by atoms with van der Waals surface area (Å²) in [5, 5.41) is 13.2. The molecule has 1 fully saturated rings. The number of rotatable bonds is 4. The molecule has 124 valence electrons. The Morgan fingerprint density at radius 1 is 1.22 bits per heavy atom. The number of anilines is 1. The van der Waals surface area contributed by atoms with Crippen molar-refractivity contribution in [1.29, 1.82) is 0 Å². The van der Waals surface area contributed by atoms with Crippen molar-refractivity contribution in [3.63, 3.8) is 0 Å². The fourth-order valence-corrected chi connectivity index (χ4v) is 3.63. The number of aryl methyl sites for hydroxylation is 1. The van der Waals surface area contributed by atoms with Crippen molar-refractivity contribution < 1.29 is 13.9 Å². The Hall–Kier alpha value is -1.57. The number of nitrogens with zero attached hydrogens (tertiary/aromatic N) is 3. The average molecular weight is 339 g/mol. The molecule has 3 rings (SSSR count). The van der Waals surface area contributed by atoms with Gasteiger partial charge in [-0.15, -0.1) is 11.3 Å². The maximum Gasteiger partial charge on any atom is 0.185 e. The molecule has 0 amide bonds. The van der Waals surface area contributed by atoms with Gasteiger partial charge in [-0.25, -0.2) is 13.8 Å². The van der Waals surface area contributed by atoms with Crippen LogP contribution in [0.25, 0.3) is 0 Å². The summed E-state index contributed by atoms with van der Waals surface area (Å²) in [7, 11) is 0. The number of β-amino-alcohol motifs (C(OH)–C–C–N with tert-alkyl or cyclic N) is 1.